The van der Waals surface area contributed by atoms with Gasteiger partial charge in [-0.05, 0) is 50.4 Å². The molecule has 0 bridgehead atoms. The van der Waals surface area contributed by atoms with E-state index in [1.165, 1.54) is 31.9 Å². The summed E-state index contributed by atoms with van der Waals surface area (Å²) in [6.07, 6.45) is 4.75. The van der Waals surface area contributed by atoms with Gasteiger partial charge in [0.15, 0.2) is 5.96 Å². The molecule has 1 aromatic carbocycles. The van der Waals surface area contributed by atoms with Crippen molar-refractivity contribution < 1.29 is 4.39 Å². The van der Waals surface area contributed by atoms with Gasteiger partial charge in [-0.1, -0.05) is 18.6 Å². The molecule has 2 rings (SSSR count). The van der Waals surface area contributed by atoms with E-state index in [0.717, 1.165) is 37.6 Å². The zero-order valence-electron chi connectivity index (χ0n) is 14.3. The highest BCUT2D eigenvalue weighted by molar-refractivity contribution is 5.79. The average molecular weight is 320 g/mol. The Bertz CT molecular complexity index is 504. The molecule has 1 unspecified atom stereocenters. The van der Waals surface area contributed by atoms with Crippen molar-refractivity contribution in [3.05, 3.63) is 35.6 Å². The molecule has 128 valence electrons. The highest BCUT2D eigenvalue weighted by atomic mass is 19.1. The van der Waals surface area contributed by atoms with Crippen molar-refractivity contribution in [2.75, 3.05) is 33.2 Å². The minimum atomic E-state index is -0.180. The number of nitrogens with one attached hydrogen (secondary N) is 2. The van der Waals surface area contributed by atoms with E-state index in [9.17, 15) is 4.39 Å². The molecule has 4 nitrogen and oxygen atoms in total. The van der Waals surface area contributed by atoms with Crippen molar-refractivity contribution in [3.63, 3.8) is 0 Å². The first-order valence-electron chi connectivity index (χ1n) is 8.62. The monoisotopic (exact) mass is 320 g/mol. The number of piperidine rings is 1. The van der Waals surface area contributed by atoms with Gasteiger partial charge in [0.25, 0.3) is 0 Å². The first-order chi connectivity index (χ1) is 11.2. The van der Waals surface area contributed by atoms with Gasteiger partial charge in [-0.25, -0.2) is 4.39 Å². The zero-order valence-corrected chi connectivity index (χ0v) is 14.3. The Labute approximate surface area is 139 Å². The second-order valence-electron chi connectivity index (χ2n) is 6.19. The summed E-state index contributed by atoms with van der Waals surface area (Å²) in [5.41, 5.74) is 0.995. The SMILES string of the molecule is CN=C(NCCc1cccc(F)c1)NCCN1CCCCC1C. The lowest BCUT2D eigenvalue weighted by Gasteiger charge is -2.33. The number of nitrogens with zero attached hydrogens (tertiary/aromatic N) is 2. The molecule has 1 atom stereocenters. The molecular formula is C18H29FN4. The Morgan fingerprint density at radius 1 is 1.30 bits per heavy atom. The van der Waals surface area contributed by atoms with Gasteiger partial charge >= 0.3 is 0 Å². The standard InChI is InChI=1S/C18H29FN4/c1-15-6-3-4-12-23(15)13-11-22-18(20-2)21-10-9-16-7-5-8-17(19)14-16/h5,7-8,14-15H,3-4,6,9-13H2,1-2H3,(H2,20,21,22). The van der Waals surface area contributed by atoms with Crippen LogP contribution in [0.2, 0.25) is 0 Å². The first kappa shape index (κ1) is 17.7. The number of rotatable bonds is 6. The number of halogens is 1. The van der Waals surface area contributed by atoms with Gasteiger partial charge in [0.1, 0.15) is 5.82 Å². The number of hydrogen-bond donors (Lipinski definition) is 2. The minimum absolute atomic E-state index is 0.180. The summed E-state index contributed by atoms with van der Waals surface area (Å²) in [6.45, 7) is 6.19. The fourth-order valence-corrected chi connectivity index (χ4v) is 3.05. The molecule has 1 aliphatic heterocycles. The van der Waals surface area contributed by atoms with E-state index < -0.39 is 0 Å². The summed E-state index contributed by atoms with van der Waals surface area (Å²) >= 11 is 0. The number of guanidine groups is 1. The van der Waals surface area contributed by atoms with E-state index in [0.29, 0.717) is 6.04 Å². The van der Waals surface area contributed by atoms with Crippen LogP contribution in [0.25, 0.3) is 0 Å². The van der Waals surface area contributed by atoms with Crippen LogP contribution < -0.4 is 10.6 Å². The first-order valence-corrected chi connectivity index (χ1v) is 8.62. The van der Waals surface area contributed by atoms with Crippen LogP contribution in [0.1, 0.15) is 31.7 Å². The van der Waals surface area contributed by atoms with Crippen molar-refractivity contribution in [1.82, 2.24) is 15.5 Å². The maximum absolute atomic E-state index is 13.1. The Balaban J connectivity index is 1.65. The summed E-state index contributed by atoms with van der Waals surface area (Å²) in [5, 5.41) is 6.64. The van der Waals surface area contributed by atoms with E-state index in [1.807, 2.05) is 6.07 Å². The fourth-order valence-electron chi connectivity index (χ4n) is 3.05. The molecule has 5 heteroatoms. The Kier molecular flexibility index (Phi) is 7.33. The summed E-state index contributed by atoms with van der Waals surface area (Å²) < 4.78 is 13.1. The zero-order chi connectivity index (χ0) is 16.5. The van der Waals surface area contributed by atoms with Crippen LogP contribution in [0, 0.1) is 5.82 Å². The maximum atomic E-state index is 13.1. The Morgan fingerprint density at radius 3 is 2.87 bits per heavy atom. The van der Waals surface area contributed by atoms with Crippen molar-refractivity contribution in [1.29, 1.82) is 0 Å². The molecule has 1 aliphatic rings. The van der Waals surface area contributed by atoms with Crippen LogP contribution in [-0.2, 0) is 6.42 Å². The fraction of sp³-hybridized carbons (Fsp3) is 0.611. The largest absolute Gasteiger partial charge is 0.356 e. The van der Waals surface area contributed by atoms with Gasteiger partial charge in [0.2, 0.25) is 0 Å². The number of likely N-dealkylation sites (tertiary alicyclic amines) is 1. The highest BCUT2D eigenvalue weighted by Crippen LogP contribution is 2.15. The van der Waals surface area contributed by atoms with Gasteiger partial charge in [0.05, 0.1) is 0 Å². The summed E-state index contributed by atoms with van der Waals surface area (Å²) in [5.74, 6) is 0.631. The van der Waals surface area contributed by atoms with E-state index in [4.69, 9.17) is 0 Å². The van der Waals surface area contributed by atoms with Gasteiger partial charge in [0, 0.05) is 32.7 Å². The third-order valence-corrected chi connectivity index (χ3v) is 4.45. The molecule has 1 heterocycles. The Hall–Kier alpha value is -1.62. The third-order valence-electron chi connectivity index (χ3n) is 4.45. The molecule has 2 N–H and O–H groups in total. The molecule has 0 amide bonds. The lowest BCUT2D eigenvalue weighted by atomic mass is 10.0. The summed E-state index contributed by atoms with van der Waals surface area (Å²) in [6, 6.07) is 7.43. The molecule has 23 heavy (non-hydrogen) atoms. The summed E-state index contributed by atoms with van der Waals surface area (Å²) in [4.78, 5) is 6.78. The van der Waals surface area contributed by atoms with Crippen LogP contribution in [0.4, 0.5) is 4.39 Å². The van der Waals surface area contributed by atoms with E-state index in [2.05, 4.69) is 27.4 Å². The molecule has 1 fully saturated rings. The van der Waals surface area contributed by atoms with Gasteiger partial charge in [-0.3, -0.25) is 9.89 Å². The van der Waals surface area contributed by atoms with Gasteiger partial charge in [-0.2, -0.15) is 0 Å². The van der Waals surface area contributed by atoms with Crippen molar-refractivity contribution >= 4 is 5.96 Å². The van der Waals surface area contributed by atoms with Crippen LogP contribution in [0.15, 0.2) is 29.3 Å². The van der Waals surface area contributed by atoms with Crippen molar-refractivity contribution in [3.8, 4) is 0 Å². The molecular weight excluding hydrogens is 291 g/mol. The molecule has 0 aliphatic carbocycles. The quantitative estimate of drug-likeness (QED) is 0.624. The third kappa shape index (κ3) is 6.18. The molecule has 1 saturated heterocycles. The van der Waals surface area contributed by atoms with E-state index in [1.54, 1.807) is 19.2 Å². The van der Waals surface area contributed by atoms with Gasteiger partial charge in [-0.15, -0.1) is 0 Å². The maximum Gasteiger partial charge on any atom is 0.191 e. The number of benzene rings is 1. The van der Waals surface area contributed by atoms with Crippen LogP contribution in [-0.4, -0.2) is 50.1 Å². The van der Waals surface area contributed by atoms with Crippen LogP contribution in [0.3, 0.4) is 0 Å². The predicted molar refractivity (Wildman–Crippen MR) is 94.4 cm³/mol. The number of aliphatic imine (C=N–C) groups is 1. The lowest BCUT2D eigenvalue weighted by Crippen LogP contribution is -2.45. The highest BCUT2D eigenvalue weighted by Gasteiger charge is 2.17. The normalized spacial score (nSPS) is 19.6. The topological polar surface area (TPSA) is 39.7 Å². The lowest BCUT2D eigenvalue weighted by molar-refractivity contribution is 0.163. The second-order valence-corrected chi connectivity index (χ2v) is 6.19. The average Bonchev–Trinajstić information content (AvgIpc) is 2.55. The van der Waals surface area contributed by atoms with Crippen LogP contribution >= 0.6 is 0 Å². The molecule has 0 radical (unpaired) electrons. The minimum Gasteiger partial charge on any atom is -0.356 e. The summed E-state index contributed by atoms with van der Waals surface area (Å²) in [7, 11) is 1.78. The molecule has 0 aromatic heterocycles. The number of hydrogen-bond acceptors (Lipinski definition) is 2. The van der Waals surface area contributed by atoms with E-state index >= 15 is 0 Å². The smallest absolute Gasteiger partial charge is 0.191 e. The van der Waals surface area contributed by atoms with E-state index in [-0.39, 0.29) is 5.82 Å². The Morgan fingerprint density at radius 2 is 2.13 bits per heavy atom. The molecule has 1 aromatic rings. The predicted octanol–water partition coefficient (Wildman–Crippen LogP) is 2.41. The second kappa shape index (κ2) is 9.50. The van der Waals surface area contributed by atoms with Gasteiger partial charge < -0.3 is 10.6 Å². The molecule has 0 saturated carbocycles. The van der Waals surface area contributed by atoms with Crippen molar-refractivity contribution in [2.24, 2.45) is 4.99 Å². The van der Waals surface area contributed by atoms with Crippen LogP contribution in [0.5, 0.6) is 0 Å². The molecule has 0 spiro atoms. The van der Waals surface area contributed by atoms with Crippen molar-refractivity contribution in [2.45, 2.75) is 38.6 Å².